The van der Waals surface area contributed by atoms with Crippen LogP contribution in [0.25, 0.3) is 0 Å². The van der Waals surface area contributed by atoms with Crippen molar-refractivity contribution in [1.29, 1.82) is 0 Å². The van der Waals surface area contributed by atoms with Crippen LogP contribution in [0.4, 0.5) is 15.8 Å². The molecule has 1 amide bonds. The number of amides is 1. The summed E-state index contributed by atoms with van der Waals surface area (Å²) in [5, 5.41) is 5.72. The van der Waals surface area contributed by atoms with E-state index in [0.717, 1.165) is 12.8 Å². The van der Waals surface area contributed by atoms with Crippen LogP contribution in [-0.4, -0.2) is 17.4 Å². The first-order chi connectivity index (χ1) is 10.2. The Hall–Kier alpha value is -2.43. The SMILES string of the molecule is CCCCNC(=O)c1ccc(Nc2ccccc2F)cn1. The zero-order chi connectivity index (χ0) is 15.1. The molecule has 0 atom stereocenters. The second-order valence-corrected chi connectivity index (χ2v) is 4.65. The Bertz CT molecular complexity index is 599. The van der Waals surface area contributed by atoms with Crippen molar-refractivity contribution in [2.24, 2.45) is 0 Å². The quantitative estimate of drug-likeness (QED) is 0.800. The predicted octanol–water partition coefficient (Wildman–Crippen LogP) is 3.49. The Labute approximate surface area is 123 Å². The largest absolute Gasteiger partial charge is 0.352 e. The zero-order valence-electron chi connectivity index (χ0n) is 11.9. The lowest BCUT2D eigenvalue weighted by Crippen LogP contribution is -2.25. The molecule has 0 aliphatic heterocycles. The third kappa shape index (κ3) is 4.27. The van der Waals surface area contributed by atoms with Gasteiger partial charge in [-0.15, -0.1) is 0 Å². The number of hydrogen-bond acceptors (Lipinski definition) is 3. The molecule has 0 saturated carbocycles. The third-order valence-electron chi connectivity index (χ3n) is 2.96. The lowest BCUT2D eigenvalue weighted by Gasteiger charge is -2.08. The lowest BCUT2D eigenvalue weighted by molar-refractivity contribution is 0.0948. The Balaban J connectivity index is 1.99. The zero-order valence-corrected chi connectivity index (χ0v) is 11.9. The summed E-state index contributed by atoms with van der Waals surface area (Å²) < 4.78 is 13.5. The van der Waals surface area contributed by atoms with Gasteiger partial charge in [0.25, 0.3) is 5.91 Å². The van der Waals surface area contributed by atoms with Crippen molar-refractivity contribution in [3.8, 4) is 0 Å². The van der Waals surface area contributed by atoms with Gasteiger partial charge in [-0.3, -0.25) is 4.79 Å². The van der Waals surface area contributed by atoms with E-state index in [4.69, 9.17) is 0 Å². The van der Waals surface area contributed by atoms with Crippen LogP contribution in [0.15, 0.2) is 42.6 Å². The molecule has 0 spiro atoms. The van der Waals surface area contributed by atoms with Crippen molar-refractivity contribution in [1.82, 2.24) is 10.3 Å². The summed E-state index contributed by atoms with van der Waals surface area (Å²) in [4.78, 5) is 15.9. The number of hydrogen-bond donors (Lipinski definition) is 2. The summed E-state index contributed by atoms with van der Waals surface area (Å²) in [6.45, 7) is 2.71. The second-order valence-electron chi connectivity index (χ2n) is 4.65. The molecule has 0 bridgehead atoms. The number of aromatic nitrogens is 1. The van der Waals surface area contributed by atoms with Crippen molar-refractivity contribution >= 4 is 17.3 Å². The second kappa shape index (κ2) is 7.38. The Kier molecular flexibility index (Phi) is 5.26. The molecule has 0 aliphatic carbocycles. The van der Waals surface area contributed by atoms with Crippen molar-refractivity contribution in [2.75, 3.05) is 11.9 Å². The van der Waals surface area contributed by atoms with Crippen molar-refractivity contribution in [2.45, 2.75) is 19.8 Å². The highest BCUT2D eigenvalue weighted by Crippen LogP contribution is 2.18. The van der Waals surface area contributed by atoms with Crippen LogP contribution >= 0.6 is 0 Å². The summed E-state index contributed by atoms with van der Waals surface area (Å²) in [6.07, 6.45) is 3.49. The van der Waals surface area contributed by atoms with Crippen LogP contribution < -0.4 is 10.6 Å². The van der Waals surface area contributed by atoms with Gasteiger partial charge in [-0.1, -0.05) is 25.5 Å². The number of anilines is 2. The molecule has 2 rings (SSSR count). The number of benzene rings is 1. The van der Waals surface area contributed by atoms with Gasteiger partial charge in [-0.05, 0) is 30.7 Å². The van der Waals surface area contributed by atoms with E-state index in [2.05, 4.69) is 22.5 Å². The Morgan fingerprint density at radius 3 is 2.71 bits per heavy atom. The molecule has 21 heavy (non-hydrogen) atoms. The van der Waals surface area contributed by atoms with E-state index in [1.807, 2.05) is 0 Å². The molecule has 0 aliphatic rings. The molecule has 110 valence electrons. The van der Waals surface area contributed by atoms with Gasteiger partial charge in [0.2, 0.25) is 0 Å². The molecule has 0 radical (unpaired) electrons. The van der Waals surface area contributed by atoms with E-state index in [1.54, 1.807) is 30.3 Å². The maximum atomic E-state index is 13.5. The van der Waals surface area contributed by atoms with Crippen LogP contribution in [0.1, 0.15) is 30.3 Å². The highest BCUT2D eigenvalue weighted by atomic mass is 19.1. The average molecular weight is 287 g/mol. The fraction of sp³-hybridized carbons (Fsp3) is 0.250. The summed E-state index contributed by atoms with van der Waals surface area (Å²) in [5.41, 5.74) is 1.36. The maximum absolute atomic E-state index is 13.5. The van der Waals surface area contributed by atoms with Gasteiger partial charge in [-0.25, -0.2) is 9.37 Å². The van der Waals surface area contributed by atoms with E-state index in [-0.39, 0.29) is 11.7 Å². The number of unbranched alkanes of at least 4 members (excludes halogenated alkanes) is 1. The van der Waals surface area contributed by atoms with Gasteiger partial charge < -0.3 is 10.6 Å². The standard InChI is InChI=1S/C16H18FN3O/c1-2-3-10-18-16(21)15-9-8-12(11-19-15)20-14-7-5-4-6-13(14)17/h4-9,11,20H,2-3,10H2,1H3,(H,18,21). The minimum absolute atomic E-state index is 0.194. The molecule has 4 nitrogen and oxygen atoms in total. The van der Waals surface area contributed by atoms with Crippen molar-refractivity contribution in [3.63, 3.8) is 0 Å². The molecule has 0 fully saturated rings. The molecular formula is C16H18FN3O. The van der Waals surface area contributed by atoms with Crippen LogP contribution in [0, 0.1) is 5.82 Å². The van der Waals surface area contributed by atoms with E-state index in [0.29, 0.717) is 23.6 Å². The lowest BCUT2D eigenvalue weighted by atomic mass is 10.2. The minimum Gasteiger partial charge on any atom is -0.352 e. The minimum atomic E-state index is -0.334. The summed E-state index contributed by atoms with van der Waals surface area (Å²) in [7, 11) is 0. The maximum Gasteiger partial charge on any atom is 0.269 e. The Morgan fingerprint density at radius 1 is 1.24 bits per heavy atom. The van der Waals surface area contributed by atoms with Crippen molar-refractivity contribution in [3.05, 3.63) is 54.1 Å². The number of carbonyl (C=O) groups is 1. The van der Waals surface area contributed by atoms with E-state index in [1.165, 1.54) is 12.3 Å². The van der Waals surface area contributed by atoms with Gasteiger partial charge in [0.05, 0.1) is 17.6 Å². The van der Waals surface area contributed by atoms with Gasteiger partial charge in [0, 0.05) is 6.54 Å². The number of nitrogens with one attached hydrogen (secondary N) is 2. The highest BCUT2D eigenvalue weighted by Gasteiger charge is 2.07. The highest BCUT2D eigenvalue weighted by molar-refractivity contribution is 5.92. The number of carbonyl (C=O) groups excluding carboxylic acids is 1. The van der Waals surface area contributed by atoms with Crippen LogP contribution in [0.2, 0.25) is 0 Å². The fourth-order valence-electron chi connectivity index (χ4n) is 1.79. The molecule has 5 heteroatoms. The third-order valence-corrected chi connectivity index (χ3v) is 2.96. The fourth-order valence-corrected chi connectivity index (χ4v) is 1.79. The normalized spacial score (nSPS) is 10.2. The molecule has 1 aromatic heterocycles. The molecular weight excluding hydrogens is 269 g/mol. The monoisotopic (exact) mass is 287 g/mol. The summed E-state index contributed by atoms with van der Waals surface area (Å²) in [6, 6.07) is 9.71. The molecule has 1 heterocycles. The van der Waals surface area contributed by atoms with Gasteiger partial charge in [0.15, 0.2) is 0 Å². The first kappa shape index (κ1) is 15.0. The summed E-state index contributed by atoms with van der Waals surface area (Å²) in [5.74, 6) is -0.528. The topological polar surface area (TPSA) is 54.0 Å². The van der Waals surface area contributed by atoms with Crippen molar-refractivity contribution < 1.29 is 9.18 Å². The molecule has 0 unspecified atom stereocenters. The number of para-hydroxylation sites is 1. The van der Waals surface area contributed by atoms with Crippen LogP contribution in [-0.2, 0) is 0 Å². The van der Waals surface area contributed by atoms with Gasteiger partial charge in [0.1, 0.15) is 11.5 Å². The van der Waals surface area contributed by atoms with E-state index >= 15 is 0 Å². The molecule has 1 aromatic carbocycles. The number of rotatable bonds is 6. The van der Waals surface area contributed by atoms with Crippen LogP contribution in [0.5, 0.6) is 0 Å². The first-order valence-electron chi connectivity index (χ1n) is 6.96. The number of pyridine rings is 1. The smallest absolute Gasteiger partial charge is 0.269 e. The molecule has 2 aromatic rings. The average Bonchev–Trinajstić information content (AvgIpc) is 2.50. The summed E-state index contributed by atoms with van der Waals surface area (Å²) >= 11 is 0. The Morgan fingerprint density at radius 2 is 2.05 bits per heavy atom. The van der Waals surface area contributed by atoms with Gasteiger partial charge >= 0.3 is 0 Å². The first-order valence-corrected chi connectivity index (χ1v) is 6.96. The number of halogens is 1. The van der Waals surface area contributed by atoms with E-state index in [9.17, 15) is 9.18 Å². The van der Waals surface area contributed by atoms with E-state index < -0.39 is 0 Å². The molecule has 2 N–H and O–H groups in total. The van der Waals surface area contributed by atoms with Gasteiger partial charge in [-0.2, -0.15) is 0 Å². The number of nitrogens with zero attached hydrogens (tertiary/aromatic N) is 1. The van der Waals surface area contributed by atoms with Crippen LogP contribution in [0.3, 0.4) is 0 Å². The predicted molar refractivity (Wildman–Crippen MR) is 81.2 cm³/mol. The molecule has 0 saturated heterocycles.